The normalized spacial score (nSPS) is 10.6. The van der Waals surface area contributed by atoms with E-state index in [9.17, 15) is 9.90 Å². The quantitative estimate of drug-likeness (QED) is 0.476. The Bertz CT molecular complexity index is 458. The zero-order valence-electron chi connectivity index (χ0n) is 8.80. The SMILES string of the molecule is CCOC(=O)C(C#N)=Cc1cccc(O)c1. The molecule has 0 unspecified atom stereocenters. The molecule has 0 radical (unpaired) electrons. The Kier molecular flexibility index (Phi) is 4.10. The monoisotopic (exact) mass is 217 g/mol. The van der Waals surface area contributed by atoms with Gasteiger partial charge in [-0.25, -0.2) is 4.79 Å². The molecule has 0 aliphatic carbocycles. The van der Waals surface area contributed by atoms with Gasteiger partial charge in [0.1, 0.15) is 17.4 Å². The number of aromatic hydroxyl groups is 1. The Morgan fingerprint density at radius 2 is 2.38 bits per heavy atom. The van der Waals surface area contributed by atoms with Crippen LogP contribution in [0.2, 0.25) is 0 Å². The van der Waals surface area contributed by atoms with E-state index in [4.69, 9.17) is 10.00 Å². The summed E-state index contributed by atoms with van der Waals surface area (Å²) in [4.78, 5) is 11.3. The summed E-state index contributed by atoms with van der Waals surface area (Å²) in [6.07, 6.45) is 1.37. The number of nitrogens with zero attached hydrogens (tertiary/aromatic N) is 1. The van der Waals surface area contributed by atoms with E-state index in [1.54, 1.807) is 25.1 Å². The maximum atomic E-state index is 11.3. The summed E-state index contributed by atoms with van der Waals surface area (Å²) in [5.74, 6) is -0.580. The van der Waals surface area contributed by atoms with Gasteiger partial charge in [-0.2, -0.15) is 5.26 Å². The first-order chi connectivity index (χ1) is 7.67. The minimum absolute atomic E-state index is 0.0786. The third-order valence-electron chi connectivity index (χ3n) is 1.80. The topological polar surface area (TPSA) is 70.3 Å². The molecule has 0 aliphatic heterocycles. The van der Waals surface area contributed by atoms with Crippen LogP contribution in [0.4, 0.5) is 0 Å². The average molecular weight is 217 g/mol. The van der Waals surface area contributed by atoms with Gasteiger partial charge in [0.05, 0.1) is 6.61 Å². The molecule has 0 fully saturated rings. The van der Waals surface area contributed by atoms with Crippen LogP contribution in [0.25, 0.3) is 6.08 Å². The van der Waals surface area contributed by atoms with Crippen LogP contribution >= 0.6 is 0 Å². The smallest absolute Gasteiger partial charge is 0.348 e. The Morgan fingerprint density at radius 1 is 1.62 bits per heavy atom. The van der Waals surface area contributed by atoms with Crippen molar-refractivity contribution in [1.29, 1.82) is 5.26 Å². The number of hydrogen-bond acceptors (Lipinski definition) is 4. The molecule has 0 atom stereocenters. The molecule has 0 saturated carbocycles. The van der Waals surface area contributed by atoms with Crippen LogP contribution in [0.1, 0.15) is 12.5 Å². The Balaban J connectivity index is 2.97. The summed E-state index contributed by atoms with van der Waals surface area (Å²) in [7, 11) is 0. The number of hydrogen-bond donors (Lipinski definition) is 1. The number of carbonyl (C=O) groups excluding carboxylic acids is 1. The summed E-state index contributed by atoms with van der Waals surface area (Å²) >= 11 is 0. The molecular weight excluding hydrogens is 206 g/mol. The second kappa shape index (κ2) is 5.56. The highest BCUT2D eigenvalue weighted by atomic mass is 16.5. The highest BCUT2D eigenvalue weighted by molar-refractivity contribution is 5.97. The Hall–Kier alpha value is -2.28. The molecule has 0 amide bonds. The van der Waals surface area contributed by atoms with Crippen molar-refractivity contribution >= 4 is 12.0 Å². The molecule has 82 valence electrons. The van der Waals surface area contributed by atoms with Crippen molar-refractivity contribution in [1.82, 2.24) is 0 Å². The first-order valence-electron chi connectivity index (χ1n) is 4.75. The average Bonchev–Trinajstić information content (AvgIpc) is 2.26. The van der Waals surface area contributed by atoms with Gasteiger partial charge in [0.2, 0.25) is 0 Å². The lowest BCUT2D eigenvalue weighted by Crippen LogP contribution is -2.05. The van der Waals surface area contributed by atoms with Gasteiger partial charge in [0.25, 0.3) is 0 Å². The minimum atomic E-state index is -0.659. The third kappa shape index (κ3) is 3.14. The van der Waals surface area contributed by atoms with E-state index in [2.05, 4.69) is 0 Å². The summed E-state index contributed by atoms with van der Waals surface area (Å²) in [5, 5.41) is 18.0. The van der Waals surface area contributed by atoms with Crippen LogP contribution in [0.5, 0.6) is 5.75 Å². The van der Waals surface area contributed by atoms with Crippen LogP contribution in [0, 0.1) is 11.3 Å². The zero-order valence-corrected chi connectivity index (χ0v) is 8.80. The molecule has 4 nitrogen and oxygen atoms in total. The van der Waals surface area contributed by atoms with E-state index in [0.29, 0.717) is 5.56 Å². The standard InChI is InChI=1S/C12H11NO3/c1-2-16-12(15)10(8-13)6-9-4-3-5-11(14)7-9/h3-7,14H,2H2,1H3. The molecule has 0 aromatic heterocycles. The maximum absolute atomic E-state index is 11.3. The predicted molar refractivity (Wildman–Crippen MR) is 58.3 cm³/mol. The van der Waals surface area contributed by atoms with Crippen LogP contribution in [-0.4, -0.2) is 17.7 Å². The van der Waals surface area contributed by atoms with Crippen molar-refractivity contribution in [2.75, 3.05) is 6.61 Å². The van der Waals surface area contributed by atoms with E-state index in [1.807, 2.05) is 0 Å². The van der Waals surface area contributed by atoms with Crippen molar-refractivity contribution in [2.45, 2.75) is 6.92 Å². The Morgan fingerprint density at radius 3 is 2.94 bits per heavy atom. The van der Waals surface area contributed by atoms with Gasteiger partial charge in [-0.15, -0.1) is 0 Å². The summed E-state index contributed by atoms with van der Waals surface area (Å²) in [6.45, 7) is 1.89. The van der Waals surface area contributed by atoms with Gasteiger partial charge < -0.3 is 9.84 Å². The van der Waals surface area contributed by atoms with Gasteiger partial charge in [0, 0.05) is 0 Å². The molecule has 0 saturated heterocycles. The number of phenolic OH excluding ortho intramolecular Hbond substituents is 1. The molecule has 0 bridgehead atoms. The molecule has 0 spiro atoms. The van der Waals surface area contributed by atoms with Crippen molar-refractivity contribution in [3.63, 3.8) is 0 Å². The third-order valence-corrected chi connectivity index (χ3v) is 1.80. The van der Waals surface area contributed by atoms with Gasteiger partial charge in [-0.3, -0.25) is 0 Å². The fourth-order valence-electron chi connectivity index (χ4n) is 1.13. The summed E-state index contributed by atoms with van der Waals surface area (Å²) in [6, 6.07) is 8.03. The molecule has 1 rings (SSSR count). The predicted octanol–water partition coefficient (Wildman–Crippen LogP) is 1.86. The lowest BCUT2D eigenvalue weighted by Gasteiger charge is -2.00. The molecule has 0 aliphatic rings. The van der Waals surface area contributed by atoms with E-state index in [1.165, 1.54) is 18.2 Å². The fourth-order valence-corrected chi connectivity index (χ4v) is 1.13. The van der Waals surface area contributed by atoms with Crippen LogP contribution in [-0.2, 0) is 9.53 Å². The van der Waals surface area contributed by atoms with E-state index in [0.717, 1.165) is 0 Å². The van der Waals surface area contributed by atoms with E-state index in [-0.39, 0.29) is 17.9 Å². The second-order valence-electron chi connectivity index (χ2n) is 2.99. The number of ether oxygens (including phenoxy) is 1. The first-order valence-corrected chi connectivity index (χ1v) is 4.75. The maximum Gasteiger partial charge on any atom is 0.348 e. The number of phenols is 1. The van der Waals surface area contributed by atoms with Crippen LogP contribution in [0.15, 0.2) is 29.8 Å². The number of esters is 1. The number of carbonyl (C=O) groups is 1. The Labute approximate surface area is 93.4 Å². The molecule has 1 aromatic rings. The second-order valence-corrected chi connectivity index (χ2v) is 2.99. The number of benzene rings is 1. The molecule has 1 aromatic carbocycles. The van der Waals surface area contributed by atoms with Crippen molar-refractivity contribution in [2.24, 2.45) is 0 Å². The zero-order chi connectivity index (χ0) is 12.0. The van der Waals surface area contributed by atoms with Gasteiger partial charge in [-0.05, 0) is 30.7 Å². The first kappa shape index (κ1) is 11.8. The van der Waals surface area contributed by atoms with Gasteiger partial charge >= 0.3 is 5.97 Å². The van der Waals surface area contributed by atoms with E-state index >= 15 is 0 Å². The molecular formula is C12H11NO3. The highest BCUT2D eigenvalue weighted by Gasteiger charge is 2.09. The van der Waals surface area contributed by atoms with Crippen LogP contribution < -0.4 is 0 Å². The largest absolute Gasteiger partial charge is 0.508 e. The van der Waals surface area contributed by atoms with Crippen LogP contribution in [0.3, 0.4) is 0 Å². The van der Waals surface area contributed by atoms with Crippen molar-refractivity contribution in [3.05, 3.63) is 35.4 Å². The van der Waals surface area contributed by atoms with Crippen molar-refractivity contribution < 1.29 is 14.6 Å². The number of nitriles is 1. The van der Waals surface area contributed by atoms with E-state index < -0.39 is 5.97 Å². The van der Waals surface area contributed by atoms with Crippen molar-refractivity contribution in [3.8, 4) is 11.8 Å². The molecule has 0 heterocycles. The minimum Gasteiger partial charge on any atom is -0.508 e. The van der Waals surface area contributed by atoms with Gasteiger partial charge in [-0.1, -0.05) is 12.1 Å². The fraction of sp³-hybridized carbons (Fsp3) is 0.167. The van der Waals surface area contributed by atoms with Gasteiger partial charge in [0.15, 0.2) is 0 Å². The lowest BCUT2D eigenvalue weighted by atomic mass is 10.1. The number of rotatable bonds is 3. The molecule has 16 heavy (non-hydrogen) atoms. The summed E-state index contributed by atoms with van der Waals surface area (Å²) < 4.78 is 4.71. The summed E-state index contributed by atoms with van der Waals surface area (Å²) in [5.41, 5.74) is 0.483. The molecule has 4 heteroatoms. The molecule has 1 N–H and O–H groups in total. The highest BCUT2D eigenvalue weighted by Crippen LogP contribution is 2.14. The lowest BCUT2D eigenvalue weighted by molar-refractivity contribution is -0.137.